The summed E-state index contributed by atoms with van der Waals surface area (Å²) < 4.78 is 2.35. The molecule has 5 nitrogen and oxygen atoms in total. The molecule has 0 aliphatic carbocycles. The SMILES string of the molecule is CCCCn1ccnc1C1CCN(c2cnc3ccccc3n2)CC1. The van der Waals surface area contributed by atoms with Crippen molar-refractivity contribution in [1.82, 2.24) is 19.5 Å². The van der Waals surface area contributed by atoms with E-state index in [0.29, 0.717) is 5.92 Å². The van der Waals surface area contributed by atoms with E-state index in [-0.39, 0.29) is 0 Å². The van der Waals surface area contributed by atoms with Gasteiger partial charge in [0.2, 0.25) is 0 Å². The first-order valence-electron chi connectivity index (χ1n) is 9.33. The van der Waals surface area contributed by atoms with Crippen LogP contribution < -0.4 is 4.90 Å². The Labute approximate surface area is 148 Å². The van der Waals surface area contributed by atoms with Crippen LogP contribution >= 0.6 is 0 Å². The maximum Gasteiger partial charge on any atom is 0.147 e. The molecule has 0 amide bonds. The molecule has 0 radical (unpaired) electrons. The highest BCUT2D eigenvalue weighted by Gasteiger charge is 2.24. The number of piperidine rings is 1. The van der Waals surface area contributed by atoms with Crippen LogP contribution in [0.3, 0.4) is 0 Å². The molecule has 3 heterocycles. The highest BCUT2D eigenvalue weighted by Crippen LogP contribution is 2.29. The minimum Gasteiger partial charge on any atom is -0.355 e. The smallest absolute Gasteiger partial charge is 0.147 e. The van der Waals surface area contributed by atoms with Crippen LogP contribution in [0.2, 0.25) is 0 Å². The first-order chi connectivity index (χ1) is 12.3. The molecular formula is C20H25N5. The summed E-state index contributed by atoms with van der Waals surface area (Å²) in [5, 5.41) is 0. The lowest BCUT2D eigenvalue weighted by atomic mass is 9.96. The zero-order valence-corrected chi connectivity index (χ0v) is 14.8. The van der Waals surface area contributed by atoms with Crippen LogP contribution in [-0.4, -0.2) is 32.6 Å². The van der Waals surface area contributed by atoms with Crippen molar-refractivity contribution >= 4 is 16.9 Å². The lowest BCUT2D eigenvalue weighted by Gasteiger charge is -2.32. The average molecular weight is 335 g/mol. The second kappa shape index (κ2) is 7.21. The third kappa shape index (κ3) is 3.36. The van der Waals surface area contributed by atoms with E-state index in [1.807, 2.05) is 36.7 Å². The normalized spacial score (nSPS) is 15.8. The number of imidazole rings is 1. The van der Waals surface area contributed by atoms with E-state index < -0.39 is 0 Å². The summed E-state index contributed by atoms with van der Waals surface area (Å²) in [5.41, 5.74) is 1.93. The van der Waals surface area contributed by atoms with Gasteiger partial charge >= 0.3 is 0 Å². The van der Waals surface area contributed by atoms with E-state index in [2.05, 4.69) is 32.6 Å². The van der Waals surface area contributed by atoms with E-state index in [1.165, 1.54) is 18.7 Å². The van der Waals surface area contributed by atoms with E-state index in [1.54, 1.807) is 0 Å². The van der Waals surface area contributed by atoms with Crippen molar-refractivity contribution in [3.8, 4) is 0 Å². The third-order valence-corrected chi connectivity index (χ3v) is 5.12. The monoisotopic (exact) mass is 335 g/mol. The molecular weight excluding hydrogens is 310 g/mol. The molecule has 5 heteroatoms. The van der Waals surface area contributed by atoms with Crippen molar-refractivity contribution in [1.29, 1.82) is 0 Å². The summed E-state index contributed by atoms with van der Waals surface area (Å²) in [4.78, 5) is 16.3. The van der Waals surface area contributed by atoms with Crippen LogP contribution in [0.4, 0.5) is 5.82 Å². The quantitative estimate of drug-likeness (QED) is 0.707. The van der Waals surface area contributed by atoms with Gasteiger partial charge in [-0.15, -0.1) is 0 Å². The number of aryl methyl sites for hydroxylation is 1. The Hall–Kier alpha value is -2.43. The molecule has 1 aliphatic rings. The Balaban J connectivity index is 1.45. The highest BCUT2D eigenvalue weighted by atomic mass is 15.2. The van der Waals surface area contributed by atoms with Gasteiger partial charge in [0, 0.05) is 37.9 Å². The summed E-state index contributed by atoms with van der Waals surface area (Å²) in [7, 11) is 0. The molecule has 0 bridgehead atoms. The number of fused-ring (bicyclic) bond motifs is 1. The first kappa shape index (κ1) is 16.1. The number of hydrogen-bond donors (Lipinski definition) is 0. The molecule has 25 heavy (non-hydrogen) atoms. The van der Waals surface area contributed by atoms with Crippen molar-refractivity contribution < 1.29 is 0 Å². The van der Waals surface area contributed by atoms with Gasteiger partial charge in [0.1, 0.15) is 11.6 Å². The fourth-order valence-corrected chi connectivity index (χ4v) is 3.66. The van der Waals surface area contributed by atoms with Gasteiger partial charge in [-0.1, -0.05) is 25.5 Å². The van der Waals surface area contributed by atoms with Gasteiger partial charge in [0.25, 0.3) is 0 Å². The van der Waals surface area contributed by atoms with Crippen LogP contribution in [0.15, 0.2) is 42.9 Å². The van der Waals surface area contributed by atoms with Gasteiger partial charge in [-0.25, -0.2) is 9.97 Å². The van der Waals surface area contributed by atoms with Gasteiger partial charge < -0.3 is 9.47 Å². The van der Waals surface area contributed by atoms with Crippen molar-refractivity contribution in [3.63, 3.8) is 0 Å². The van der Waals surface area contributed by atoms with Crippen LogP contribution in [0.5, 0.6) is 0 Å². The summed E-state index contributed by atoms with van der Waals surface area (Å²) >= 11 is 0. The van der Waals surface area contributed by atoms with Gasteiger partial charge in [-0.05, 0) is 31.4 Å². The van der Waals surface area contributed by atoms with Gasteiger partial charge in [-0.3, -0.25) is 4.98 Å². The molecule has 0 unspecified atom stereocenters. The Kier molecular flexibility index (Phi) is 4.63. The van der Waals surface area contributed by atoms with E-state index in [0.717, 1.165) is 49.3 Å². The molecule has 4 rings (SSSR count). The van der Waals surface area contributed by atoms with Crippen LogP contribution in [0.25, 0.3) is 11.0 Å². The van der Waals surface area contributed by atoms with Crippen molar-refractivity contribution in [2.45, 2.75) is 45.1 Å². The molecule has 1 fully saturated rings. The zero-order chi connectivity index (χ0) is 17.1. The van der Waals surface area contributed by atoms with Crippen molar-refractivity contribution in [3.05, 3.63) is 48.7 Å². The molecule has 1 aliphatic heterocycles. The Bertz CT molecular complexity index is 833. The Morgan fingerprint density at radius 1 is 1.08 bits per heavy atom. The van der Waals surface area contributed by atoms with Gasteiger partial charge in [0.05, 0.1) is 17.2 Å². The Morgan fingerprint density at radius 2 is 1.88 bits per heavy atom. The zero-order valence-electron chi connectivity index (χ0n) is 14.8. The molecule has 2 aromatic heterocycles. The van der Waals surface area contributed by atoms with Crippen molar-refractivity contribution in [2.24, 2.45) is 0 Å². The number of anilines is 1. The second-order valence-corrected chi connectivity index (χ2v) is 6.81. The lowest BCUT2D eigenvalue weighted by Crippen LogP contribution is -2.34. The molecule has 0 N–H and O–H groups in total. The number of nitrogens with zero attached hydrogens (tertiary/aromatic N) is 5. The largest absolute Gasteiger partial charge is 0.355 e. The fraction of sp³-hybridized carbons (Fsp3) is 0.450. The molecule has 0 saturated carbocycles. The molecule has 1 saturated heterocycles. The van der Waals surface area contributed by atoms with E-state index >= 15 is 0 Å². The predicted molar refractivity (Wildman–Crippen MR) is 101 cm³/mol. The average Bonchev–Trinajstić information content (AvgIpc) is 3.14. The number of aromatic nitrogens is 4. The second-order valence-electron chi connectivity index (χ2n) is 6.81. The van der Waals surface area contributed by atoms with Crippen molar-refractivity contribution in [2.75, 3.05) is 18.0 Å². The number of rotatable bonds is 5. The van der Waals surface area contributed by atoms with Crippen LogP contribution in [-0.2, 0) is 6.54 Å². The van der Waals surface area contributed by atoms with Gasteiger partial charge in [-0.2, -0.15) is 0 Å². The number of hydrogen-bond acceptors (Lipinski definition) is 4. The highest BCUT2D eigenvalue weighted by molar-refractivity contribution is 5.75. The topological polar surface area (TPSA) is 46.8 Å². The standard InChI is InChI=1S/C20H25N5/c1-2-3-11-25-14-10-21-20(25)16-8-12-24(13-9-16)19-15-22-17-6-4-5-7-18(17)23-19/h4-7,10,14-16H,2-3,8-9,11-13H2,1H3. The third-order valence-electron chi connectivity index (χ3n) is 5.12. The Morgan fingerprint density at radius 3 is 2.68 bits per heavy atom. The molecule has 0 spiro atoms. The maximum absolute atomic E-state index is 4.79. The van der Waals surface area contributed by atoms with Gasteiger partial charge in [0.15, 0.2) is 0 Å². The number of para-hydroxylation sites is 2. The fourth-order valence-electron chi connectivity index (χ4n) is 3.66. The minimum absolute atomic E-state index is 0.552. The van der Waals surface area contributed by atoms with E-state index in [9.17, 15) is 0 Å². The predicted octanol–water partition coefficient (Wildman–Crippen LogP) is 4.01. The van der Waals surface area contributed by atoms with E-state index in [4.69, 9.17) is 4.98 Å². The summed E-state index contributed by atoms with van der Waals surface area (Å²) in [6.07, 6.45) is 10.7. The summed E-state index contributed by atoms with van der Waals surface area (Å²) in [6.45, 7) is 5.35. The number of benzene rings is 1. The number of unbranched alkanes of at least 4 members (excludes halogenated alkanes) is 1. The summed E-state index contributed by atoms with van der Waals surface area (Å²) in [5.74, 6) is 2.81. The summed E-state index contributed by atoms with van der Waals surface area (Å²) in [6, 6.07) is 8.06. The minimum atomic E-state index is 0.552. The first-order valence-corrected chi connectivity index (χ1v) is 9.33. The molecule has 0 atom stereocenters. The lowest BCUT2D eigenvalue weighted by molar-refractivity contribution is 0.458. The molecule has 3 aromatic rings. The molecule has 1 aromatic carbocycles. The van der Waals surface area contributed by atoms with Crippen LogP contribution in [0.1, 0.15) is 44.3 Å². The molecule has 130 valence electrons. The van der Waals surface area contributed by atoms with Crippen LogP contribution in [0, 0.1) is 0 Å². The maximum atomic E-state index is 4.79.